The molecular weight excluding hydrogens is 468 g/mol. The van der Waals surface area contributed by atoms with Gasteiger partial charge in [0.2, 0.25) is 10.0 Å². The average molecular weight is 495 g/mol. The quantitative estimate of drug-likeness (QED) is 0.560. The number of sulfonamides is 1. The minimum Gasteiger partial charge on any atom is -0.490 e. The van der Waals surface area contributed by atoms with E-state index in [0.29, 0.717) is 21.5 Å². The third-order valence-electron chi connectivity index (χ3n) is 4.91. The molecule has 2 aromatic rings. The van der Waals surface area contributed by atoms with Crippen LogP contribution < -0.4 is 14.8 Å². The van der Waals surface area contributed by atoms with Gasteiger partial charge in [0.1, 0.15) is 5.75 Å². The molecule has 0 bridgehead atoms. The number of amides is 1. The summed E-state index contributed by atoms with van der Waals surface area (Å²) in [5.74, 6) is 0.379. The Labute approximate surface area is 186 Å². The van der Waals surface area contributed by atoms with Crippen molar-refractivity contribution >= 4 is 37.5 Å². The molecule has 30 heavy (non-hydrogen) atoms. The Morgan fingerprint density at radius 1 is 1.07 bits per heavy atom. The summed E-state index contributed by atoms with van der Waals surface area (Å²) in [6.45, 7) is 3.86. The average Bonchev–Trinajstić information content (AvgIpc) is 2.70. The number of hydrogen-bond donors (Lipinski definition) is 2. The second-order valence-electron chi connectivity index (χ2n) is 7.75. The molecule has 6 nitrogen and oxygen atoms in total. The van der Waals surface area contributed by atoms with Crippen LogP contribution in [0.5, 0.6) is 5.75 Å². The zero-order valence-corrected chi connectivity index (χ0v) is 19.6. The van der Waals surface area contributed by atoms with E-state index in [9.17, 15) is 13.2 Å². The highest BCUT2D eigenvalue weighted by Crippen LogP contribution is 2.27. The number of carbonyl (C=O) groups excluding carboxylic acids is 1. The van der Waals surface area contributed by atoms with E-state index in [-0.39, 0.29) is 22.9 Å². The van der Waals surface area contributed by atoms with Gasteiger partial charge in [0.25, 0.3) is 5.91 Å². The number of anilines is 1. The van der Waals surface area contributed by atoms with Crippen LogP contribution in [0.3, 0.4) is 0 Å². The van der Waals surface area contributed by atoms with Crippen molar-refractivity contribution in [2.24, 2.45) is 0 Å². The molecule has 1 fully saturated rings. The third kappa shape index (κ3) is 6.06. The first-order chi connectivity index (χ1) is 14.2. The summed E-state index contributed by atoms with van der Waals surface area (Å²) in [7, 11) is -3.56. The fraction of sp³-hybridized carbons (Fsp3) is 0.409. The Kier molecular flexibility index (Phi) is 7.55. The molecule has 0 radical (unpaired) electrons. The van der Waals surface area contributed by atoms with Crippen molar-refractivity contribution in [2.75, 3.05) is 5.32 Å². The van der Waals surface area contributed by atoms with Gasteiger partial charge in [0.15, 0.2) is 0 Å². The molecule has 0 unspecified atom stereocenters. The van der Waals surface area contributed by atoms with E-state index >= 15 is 0 Å². The van der Waals surface area contributed by atoms with E-state index in [1.54, 1.807) is 30.3 Å². The second-order valence-corrected chi connectivity index (χ2v) is 10.3. The number of halogens is 1. The van der Waals surface area contributed by atoms with Crippen LogP contribution in [0.25, 0.3) is 0 Å². The summed E-state index contributed by atoms with van der Waals surface area (Å²) in [6, 6.07) is 11.3. The standard InChI is InChI=1S/C22H27BrN2O4S/c1-15(2)29-21-13-8-16(14-20(21)23)22(26)24-17-9-11-19(12-10-17)30(27,28)25-18-6-4-3-5-7-18/h8-15,18,25H,3-7H2,1-2H3,(H,24,26). The van der Waals surface area contributed by atoms with Gasteiger partial charge in [-0.25, -0.2) is 13.1 Å². The van der Waals surface area contributed by atoms with Gasteiger partial charge >= 0.3 is 0 Å². The van der Waals surface area contributed by atoms with E-state index in [2.05, 4.69) is 26.0 Å². The molecule has 0 saturated heterocycles. The largest absolute Gasteiger partial charge is 0.490 e. The van der Waals surface area contributed by atoms with E-state index in [4.69, 9.17) is 4.74 Å². The third-order valence-corrected chi connectivity index (χ3v) is 7.06. The molecule has 162 valence electrons. The summed E-state index contributed by atoms with van der Waals surface area (Å²) in [6.07, 6.45) is 5.06. The molecule has 3 rings (SSSR count). The first-order valence-corrected chi connectivity index (χ1v) is 12.4. The number of ether oxygens (including phenoxy) is 1. The minimum absolute atomic E-state index is 0.00391. The Morgan fingerprint density at radius 3 is 2.33 bits per heavy atom. The zero-order chi connectivity index (χ0) is 21.7. The monoisotopic (exact) mass is 494 g/mol. The maximum absolute atomic E-state index is 12.6. The lowest BCUT2D eigenvalue weighted by atomic mass is 9.96. The molecule has 0 aromatic heterocycles. The molecule has 0 heterocycles. The van der Waals surface area contributed by atoms with Crippen LogP contribution in [0.4, 0.5) is 5.69 Å². The summed E-state index contributed by atoms with van der Waals surface area (Å²) in [5, 5.41) is 2.79. The Hall–Kier alpha value is -1.90. The van der Waals surface area contributed by atoms with Gasteiger partial charge in [-0.05, 0) is 85.1 Å². The Balaban J connectivity index is 1.65. The van der Waals surface area contributed by atoms with Crippen LogP contribution >= 0.6 is 15.9 Å². The lowest BCUT2D eigenvalue weighted by Gasteiger charge is -2.22. The second kappa shape index (κ2) is 9.94. The molecule has 1 aliphatic carbocycles. The maximum Gasteiger partial charge on any atom is 0.255 e. The van der Waals surface area contributed by atoms with Gasteiger partial charge in [-0.3, -0.25) is 4.79 Å². The van der Waals surface area contributed by atoms with Crippen molar-refractivity contribution < 1.29 is 17.9 Å². The molecular formula is C22H27BrN2O4S. The zero-order valence-electron chi connectivity index (χ0n) is 17.2. The topological polar surface area (TPSA) is 84.5 Å². The molecule has 2 N–H and O–H groups in total. The highest BCUT2D eigenvalue weighted by Gasteiger charge is 2.21. The molecule has 0 atom stereocenters. The minimum atomic E-state index is -3.56. The normalized spacial score (nSPS) is 15.2. The van der Waals surface area contributed by atoms with Crippen LogP contribution in [0.1, 0.15) is 56.3 Å². The highest BCUT2D eigenvalue weighted by molar-refractivity contribution is 9.10. The van der Waals surface area contributed by atoms with Crippen LogP contribution in [0.15, 0.2) is 51.8 Å². The Morgan fingerprint density at radius 2 is 1.73 bits per heavy atom. The van der Waals surface area contributed by atoms with Crippen molar-refractivity contribution in [1.29, 1.82) is 0 Å². The van der Waals surface area contributed by atoms with Crippen molar-refractivity contribution in [3.8, 4) is 5.75 Å². The molecule has 1 aliphatic rings. The van der Waals surface area contributed by atoms with Crippen molar-refractivity contribution in [1.82, 2.24) is 4.72 Å². The summed E-state index contributed by atoms with van der Waals surface area (Å²) < 4.78 is 34.3. The van der Waals surface area contributed by atoms with Crippen LogP contribution in [0.2, 0.25) is 0 Å². The van der Waals surface area contributed by atoms with E-state index < -0.39 is 10.0 Å². The van der Waals surface area contributed by atoms with Gasteiger partial charge in [0, 0.05) is 17.3 Å². The van der Waals surface area contributed by atoms with Gasteiger partial charge in [-0.1, -0.05) is 19.3 Å². The number of hydrogen-bond acceptors (Lipinski definition) is 4. The van der Waals surface area contributed by atoms with Crippen LogP contribution in [-0.2, 0) is 10.0 Å². The number of benzene rings is 2. The molecule has 1 amide bonds. The number of rotatable bonds is 7. The highest BCUT2D eigenvalue weighted by atomic mass is 79.9. The first kappa shape index (κ1) is 22.8. The maximum atomic E-state index is 12.6. The van der Waals surface area contributed by atoms with Gasteiger partial charge in [0.05, 0.1) is 15.5 Å². The van der Waals surface area contributed by atoms with Crippen molar-refractivity contribution in [3.05, 3.63) is 52.5 Å². The van der Waals surface area contributed by atoms with Crippen LogP contribution in [-0.4, -0.2) is 26.5 Å². The predicted octanol–water partition coefficient (Wildman–Crippen LogP) is 5.10. The lowest BCUT2D eigenvalue weighted by molar-refractivity contribution is 0.102. The summed E-state index contributed by atoms with van der Waals surface area (Å²) >= 11 is 3.42. The molecule has 0 aliphatic heterocycles. The fourth-order valence-electron chi connectivity index (χ4n) is 3.42. The SMILES string of the molecule is CC(C)Oc1ccc(C(=O)Nc2ccc(S(=O)(=O)NC3CCCCC3)cc2)cc1Br. The van der Waals surface area contributed by atoms with Gasteiger partial charge < -0.3 is 10.1 Å². The van der Waals surface area contributed by atoms with E-state index in [1.807, 2.05) is 13.8 Å². The molecule has 2 aromatic carbocycles. The first-order valence-electron chi connectivity index (χ1n) is 10.1. The smallest absolute Gasteiger partial charge is 0.255 e. The fourth-order valence-corrected chi connectivity index (χ4v) is 5.20. The molecule has 1 saturated carbocycles. The number of nitrogens with one attached hydrogen (secondary N) is 2. The molecule has 8 heteroatoms. The van der Waals surface area contributed by atoms with Crippen molar-refractivity contribution in [3.63, 3.8) is 0 Å². The van der Waals surface area contributed by atoms with Crippen molar-refractivity contribution in [2.45, 2.75) is 63.0 Å². The summed E-state index contributed by atoms with van der Waals surface area (Å²) in [4.78, 5) is 12.7. The van der Waals surface area contributed by atoms with E-state index in [0.717, 1.165) is 32.1 Å². The van der Waals surface area contributed by atoms with Gasteiger partial charge in [-0.2, -0.15) is 0 Å². The van der Waals surface area contributed by atoms with Gasteiger partial charge in [-0.15, -0.1) is 0 Å². The van der Waals surface area contributed by atoms with Crippen LogP contribution in [0, 0.1) is 0 Å². The van der Waals surface area contributed by atoms with E-state index in [1.165, 1.54) is 12.1 Å². The lowest BCUT2D eigenvalue weighted by Crippen LogP contribution is -2.36. The number of carbonyl (C=O) groups is 1. The predicted molar refractivity (Wildman–Crippen MR) is 121 cm³/mol. The summed E-state index contributed by atoms with van der Waals surface area (Å²) in [5.41, 5.74) is 0.990. The Bertz CT molecular complexity index is 985. The molecule has 0 spiro atoms.